The van der Waals surface area contributed by atoms with Crippen molar-refractivity contribution in [1.82, 2.24) is 4.98 Å². The number of hydrogen-bond donors (Lipinski definition) is 7. The lowest BCUT2D eigenvalue weighted by Gasteiger charge is -2.19. The Labute approximate surface area is 162 Å². The highest BCUT2D eigenvalue weighted by Gasteiger charge is 2.46. The first-order valence-electron chi connectivity index (χ1n) is 7.59. The van der Waals surface area contributed by atoms with Gasteiger partial charge in [-0.05, 0) is 13.0 Å². The van der Waals surface area contributed by atoms with Crippen molar-refractivity contribution in [3.8, 4) is 0 Å². The van der Waals surface area contributed by atoms with Gasteiger partial charge in [0.05, 0.1) is 6.61 Å². The third-order valence-electron chi connectivity index (χ3n) is 3.62. The van der Waals surface area contributed by atoms with Crippen LogP contribution in [0.15, 0.2) is 17.1 Å². The van der Waals surface area contributed by atoms with Crippen molar-refractivity contribution in [3.05, 3.63) is 33.7 Å². The maximum absolute atomic E-state index is 11.7. The van der Waals surface area contributed by atoms with E-state index in [1.54, 1.807) is 0 Å². The van der Waals surface area contributed by atoms with E-state index in [1.807, 2.05) is 0 Å². The van der Waals surface area contributed by atoms with Gasteiger partial charge in [0.15, 0.2) is 0 Å². The van der Waals surface area contributed by atoms with Gasteiger partial charge in [-0.2, -0.15) is 8.62 Å². The van der Waals surface area contributed by atoms with E-state index >= 15 is 0 Å². The number of phosphoric acid groups is 3. The monoisotopic (exact) mass is 481 g/mol. The van der Waals surface area contributed by atoms with E-state index in [0.29, 0.717) is 5.56 Å². The Morgan fingerprint density at radius 3 is 2.24 bits per heavy atom. The first-order chi connectivity index (χ1) is 13.1. The normalized spacial score (nSPS) is 29.3. The predicted molar refractivity (Wildman–Crippen MR) is 91.2 cm³/mol. The van der Waals surface area contributed by atoms with Crippen LogP contribution in [0.4, 0.5) is 0 Å². The number of aliphatic hydroxyl groups excluding tert-OH is 2. The van der Waals surface area contributed by atoms with E-state index < -0.39 is 54.5 Å². The molecule has 29 heavy (non-hydrogen) atoms. The van der Waals surface area contributed by atoms with Crippen LogP contribution in [-0.4, -0.2) is 59.7 Å². The fraction of sp³-hybridized carbons (Fsp3) is 0.545. The number of nitrogens with one attached hydrogen (secondary N) is 1. The average molecular weight is 481 g/mol. The van der Waals surface area contributed by atoms with E-state index in [0.717, 1.165) is 0 Å². The molecular formula is C11H18NO14P3. The van der Waals surface area contributed by atoms with Gasteiger partial charge in [-0.1, -0.05) is 0 Å². The van der Waals surface area contributed by atoms with Crippen LogP contribution in [0.3, 0.4) is 0 Å². The number of ether oxygens (including phenoxy) is 1. The van der Waals surface area contributed by atoms with Crippen molar-refractivity contribution in [3.63, 3.8) is 0 Å². The molecule has 15 nitrogen and oxygen atoms in total. The quantitative estimate of drug-likeness (QED) is 0.225. The minimum Gasteiger partial charge on any atom is -0.387 e. The van der Waals surface area contributed by atoms with E-state index in [4.69, 9.17) is 19.4 Å². The van der Waals surface area contributed by atoms with Crippen LogP contribution >= 0.6 is 23.5 Å². The van der Waals surface area contributed by atoms with Crippen molar-refractivity contribution in [2.75, 3.05) is 6.61 Å². The molecule has 2 rings (SSSR count). The number of aryl methyl sites for hydroxylation is 1. The van der Waals surface area contributed by atoms with Crippen LogP contribution in [0.5, 0.6) is 0 Å². The highest BCUT2D eigenvalue weighted by Crippen LogP contribution is 2.66. The van der Waals surface area contributed by atoms with Gasteiger partial charge in [-0.25, -0.2) is 13.7 Å². The van der Waals surface area contributed by atoms with Crippen molar-refractivity contribution in [2.45, 2.75) is 31.3 Å². The van der Waals surface area contributed by atoms with Crippen LogP contribution in [0.25, 0.3) is 0 Å². The Bertz CT molecular complexity index is 941. The zero-order valence-corrected chi connectivity index (χ0v) is 17.1. The molecule has 1 saturated heterocycles. The van der Waals surface area contributed by atoms with Crippen molar-refractivity contribution < 1.29 is 61.4 Å². The lowest BCUT2D eigenvalue weighted by Crippen LogP contribution is -2.33. The maximum Gasteiger partial charge on any atom is 0.490 e. The van der Waals surface area contributed by atoms with Crippen molar-refractivity contribution in [1.29, 1.82) is 0 Å². The number of H-pyrrole nitrogens is 1. The third-order valence-corrected chi connectivity index (χ3v) is 7.42. The van der Waals surface area contributed by atoms with Gasteiger partial charge < -0.3 is 39.5 Å². The van der Waals surface area contributed by atoms with Gasteiger partial charge in [-0.3, -0.25) is 9.32 Å². The van der Waals surface area contributed by atoms with Crippen LogP contribution < -0.4 is 5.56 Å². The summed E-state index contributed by atoms with van der Waals surface area (Å²) in [4.78, 5) is 49.2. The van der Waals surface area contributed by atoms with Crippen molar-refractivity contribution >= 4 is 23.5 Å². The molecule has 2 heterocycles. The number of aliphatic hydroxyl groups is 2. The fourth-order valence-corrected chi connectivity index (χ4v) is 5.45. The summed E-state index contributed by atoms with van der Waals surface area (Å²) in [5, 5.41) is 20.1. The number of phosphoric ester groups is 1. The number of rotatable bonds is 8. The summed E-state index contributed by atoms with van der Waals surface area (Å²) in [6.07, 6.45) is -4.46. The second-order valence-corrected chi connectivity index (χ2v) is 10.3. The average Bonchev–Trinajstić information content (AvgIpc) is 2.80. The van der Waals surface area contributed by atoms with E-state index in [-0.39, 0.29) is 11.1 Å². The summed E-state index contributed by atoms with van der Waals surface area (Å²) < 4.78 is 50.4. The predicted octanol–water partition coefficient (Wildman–Crippen LogP) is -0.812. The maximum atomic E-state index is 11.7. The Morgan fingerprint density at radius 2 is 1.69 bits per heavy atom. The van der Waals surface area contributed by atoms with Gasteiger partial charge in [0.25, 0.3) is 5.56 Å². The first-order valence-corrected chi connectivity index (χ1v) is 12.1. The molecule has 166 valence electrons. The minimum atomic E-state index is -5.68. The smallest absolute Gasteiger partial charge is 0.387 e. The molecule has 0 radical (unpaired) electrons. The molecular weight excluding hydrogens is 463 g/mol. The molecule has 18 heteroatoms. The van der Waals surface area contributed by atoms with Gasteiger partial charge in [-0.15, -0.1) is 0 Å². The first kappa shape index (κ1) is 24.5. The molecule has 0 aromatic carbocycles. The van der Waals surface area contributed by atoms with E-state index in [2.05, 4.69) is 18.1 Å². The summed E-state index contributed by atoms with van der Waals surface area (Å²) in [5.74, 6) is 0. The molecule has 1 aromatic rings. The standard InChI is InChI=1S/C11H18NO14P3/c1-5-2-6(3-12-11(5)15)10-9(14)8(13)7(24-10)4-23-28(19,20)26-29(21,22)25-27(16,17)18/h2-3,7-10,13-14H,4H2,1H3,(H,12,15)(H,19,20)(H,21,22)(H2,16,17,18)/t7-,8+,9?,10+/m1/s1. The minimum absolute atomic E-state index is 0.287. The Balaban J connectivity index is 2.03. The SMILES string of the molecule is Cc1cc([C@@H]2O[C@H](COP(=O)(O)OP(=O)(O)OP(=O)(O)O)[C@H](O)C2O)c[nH]c1=O. The topological polar surface area (TPSA) is 242 Å². The molecule has 6 atom stereocenters. The number of pyridine rings is 1. The second-order valence-electron chi connectivity index (χ2n) is 5.91. The van der Waals surface area contributed by atoms with Crippen molar-refractivity contribution in [2.24, 2.45) is 0 Å². The van der Waals surface area contributed by atoms with Gasteiger partial charge in [0.1, 0.15) is 24.4 Å². The molecule has 1 aliphatic rings. The highest BCUT2D eigenvalue weighted by molar-refractivity contribution is 7.66. The summed E-state index contributed by atoms with van der Waals surface area (Å²) in [6, 6.07) is 1.39. The highest BCUT2D eigenvalue weighted by atomic mass is 31.3. The van der Waals surface area contributed by atoms with Crippen LogP contribution in [0.1, 0.15) is 17.2 Å². The molecule has 1 fully saturated rings. The van der Waals surface area contributed by atoms with Gasteiger partial charge >= 0.3 is 23.5 Å². The summed E-state index contributed by atoms with van der Waals surface area (Å²) in [7, 11) is -16.6. The molecule has 0 amide bonds. The lowest BCUT2D eigenvalue weighted by atomic mass is 10.0. The number of aromatic nitrogens is 1. The molecule has 0 bridgehead atoms. The molecule has 0 aliphatic carbocycles. The summed E-state index contributed by atoms with van der Waals surface area (Å²) >= 11 is 0. The Morgan fingerprint density at radius 1 is 1.07 bits per heavy atom. The van der Waals surface area contributed by atoms with E-state index in [9.17, 15) is 33.6 Å². The molecule has 0 spiro atoms. The lowest BCUT2D eigenvalue weighted by molar-refractivity contribution is -0.0223. The van der Waals surface area contributed by atoms with Gasteiger partial charge in [0.2, 0.25) is 0 Å². The molecule has 7 N–H and O–H groups in total. The largest absolute Gasteiger partial charge is 0.490 e. The summed E-state index contributed by atoms with van der Waals surface area (Å²) in [5.41, 5.74) is 0.199. The third kappa shape index (κ3) is 6.88. The fourth-order valence-electron chi connectivity index (χ4n) is 2.42. The van der Waals surface area contributed by atoms with Gasteiger partial charge in [0, 0.05) is 17.3 Å². The summed E-state index contributed by atoms with van der Waals surface area (Å²) in [6.45, 7) is 0.563. The number of hydrogen-bond acceptors (Lipinski definition) is 10. The van der Waals surface area contributed by atoms with Crippen LogP contribution in [-0.2, 0) is 31.6 Å². The Hall–Kier alpha value is -0.760. The molecule has 1 aromatic heterocycles. The molecule has 3 unspecified atom stereocenters. The van der Waals surface area contributed by atoms with Crippen LogP contribution in [0.2, 0.25) is 0 Å². The number of aromatic amines is 1. The van der Waals surface area contributed by atoms with Crippen LogP contribution in [0, 0.1) is 6.92 Å². The Kier molecular flexibility index (Phi) is 7.41. The zero-order valence-electron chi connectivity index (χ0n) is 14.5. The molecule has 1 aliphatic heterocycles. The second kappa shape index (κ2) is 8.77. The molecule has 0 saturated carbocycles. The zero-order chi connectivity index (χ0) is 22.2. The van der Waals surface area contributed by atoms with E-state index in [1.165, 1.54) is 19.2 Å².